The smallest absolute Gasteiger partial charge is 0.227 e. The third-order valence-corrected chi connectivity index (χ3v) is 12.6. The SMILES string of the molecule is C=C1/C=C(/C(C)(/C=C\CC)CCC)N(I)c2cc(-c3ccc(/C=C/C4=CC=C([C@@](C)(CC)CCCCC)C4)s3)ccc2CCC(=O)N1C. The molecule has 4 rings (SSSR count). The van der Waals surface area contributed by atoms with Crippen LogP contribution in [0.2, 0.25) is 0 Å². The number of aryl methyl sites for hydroxylation is 1. The summed E-state index contributed by atoms with van der Waals surface area (Å²) in [5.74, 6) is 0.0963. The Kier molecular flexibility index (Phi) is 13.8. The summed E-state index contributed by atoms with van der Waals surface area (Å²) < 4.78 is 2.33. The van der Waals surface area contributed by atoms with E-state index in [0.717, 1.165) is 42.8 Å². The fourth-order valence-electron chi connectivity index (χ4n) is 6.90. The molecule has 0 fully saturated rings. The molecule has 258 valence electrons. The van der Waals surface area contributed by atoms with Gasteiger partial charge < -0.3 is 4.90 Å². The Morgan fingerprint density at radius 3 is 2.48 bits per heavy atom. The van der Waals surface area contributed by atoms with Crippen molar-refractivity contribution in [1.82, 2.24) is 4.90 Å². The van der Waals surface area contributed by atoms with Crippen LogP contribution in [0.4, 0.5) is 5.69 Å². The summed E-state index contributed by atoms with van der Waals surface area (Å²) in [4.78, 5) is 17.4. The quantitative estimate of drug-likeness (QED) is 0.0826. The Morgan fingerprint density at radius 1 is 0.979 bits per heavy atom. The standard InChI is InChI=1S/C43H57IN2OS/c1-9-13-15-28-42(6,12-4)36-21-16-33(30-36)17-22-37-23-24-39(48-37)35-19-18-34-20-25-41(47)45(8)32(5)29-40(46(44)38(34)31-35)43(7,26-11-3)27-14-10-2/h14,16-19,21-24,27,29,31H,5,9-13,15,20,25-26,28,30H2,1-4,6-8H3/b22-17+,27-14-,40-29-/t42-,43?/m0/s1. The van der Waals surface area contributed by atoms with E-state index >= 15 is 0 Å². The van der Waals surface area contributed by atoms with Crippen LogP contribution >= 0.6 is 34.2 Å². The van der Waals surface area contributed by atoms with Crippen molar-refractivity contribution in [2.45, 2.75) is 112 Å². The van der Waals surface area contributed by atoms with Crippen LogP contribution in [-0.4, -0.2) is 17.9 Å². The molecule has 1 unspecified atom stereocenters. The Morgan fingerprint density at radius 2 is 1.77 bits per heavy atom. The number of hydrogen-bond acceptors (Lipinski definition) is 3. The van der Waals surface area contributed by atoms with Crippen molar-refractivity contribution in [2.75, 3.05) is 10.2 Å². The van der Waals surface area contributed by atoms with Gasteiger partial charge in [-0.15, -0.1) is 11.3 Å². The number of unbranched alkanes of at least 4 members (excludes halogenated alkanes) is 2. The summed E-state index contributed by atoms with van der Waals surface area (Å²) >= 11 is 4.32. The van der Waals surface area contributed by atoms with Gasteiger partial charge in [-0.1, -0.05) is 122 Å². The van der Waals surface area contributed by atoms with Crippen LogP contribution in [0, 0.1) is 10.8 Å². The molecule has 5 heteroatoms. The minimum atomic E-state index is -0.208. The number of allylic oxidation sites excluding steroid dienone is 8. The lowest BCUT2D eigenvalue weighted by Crippen LogP contribution is -2.31. The fraction of sp³-hybridized carbons (Fsp3) is 0.465. The molecule has 2 heterocycles. The predicted octanol–water partition coefficient (Wildman–Crippen LogP) is 13.4. The van der Waals surface area contributed by atoms with Gasteiger partial charge in [-0.05, 0) is 91.0 Å². The van der Waals surface area contributed by atoms with E-state index in [4.69, 9.17) is 0 Å². The van der Waals surface area contributed by atoms with Crippen molar-refractivity contribution in [2.24, 2.45) is 10.8 Å². The van der Waals surface area contributed by atoms with Gasteiger partial charge in [0.05, 0.1) is 28.6 Å². The maximum Gasteiger partial charge on any atom is 0.227 e. The second-order valence-electron chi connectivity index (χ2n) is 14.1. The van der Waals surface area contributed by atoms with Crippen LogP contribution in [0.1, 0.15) is 116 Å². The van der Waals surface area contributed by atoms with E-state index < -0.39 is 0 Å². The first-order valence-electron chi connectivity index (χ1n) is 18.1. The van der Waals surface area contributed by atoms with Gasteiger partial charge in [0.2, 0.25) is 5.91 Å². The number of thiophene rings is 1. The predicted molar refractivity (Wildman–Crippen MR) is 219 cm³/mol. The van der Waals surface area contributed by atoms with Gasteiger partial charge in [-0.3, -0.25) is 7.91 Å². The molecule has 0 saturated heterocycles. The van der Waals surface area contributed by atoms with Crippen molar-refractivity contribution in [1.29, 1.82) is 0 Å². The molecule has 2 aromatic rings. The zero-order valence-corrected chi connectivity index (χ0v) is 33.5. The summed E-state index contributed by atoms with van der Waals surface area (Å²) in [6.07, 6.45) is 27.7. The summed E-state index contributed by atoms with van der Waals surface area (Å²) in [7, 11) is 1.85. The molecule has 1 aromatic carbocycles. The van der Waals surface area contributed by atoms with Crippen LogP contribution in [0.25, 0.3) is 16.5 Å². The molecule has 0 N–H and O–H groups in total. The summed E-state index contributed by atoms with van der Waals surface area (Å²) in [6, 6.07) is 11.3. The molecule has 0 spiro atoms. The first-order chi connectivity index (χ1) is 23.0. The van der Waals surface area contributed by atoms with Crippen LogP contribution < -0.4 is 3.11 Å². The maximum atomic E-state index is 13.2. The van der Waals surface area contributed by atoms with Crippen molar-refractivity contribution in [3.8, 4) is 10.4 Å². The van der Waals surface area contributed by atoms with Crippen LogP contribution in [-0.2, 0) is 11.2 Å². The lowest BCUT2D eigenvalue weighted by molar-refractivity contribution is -0.127. The first kappa shape index (κ1) is 38.2. The van der Waals surface area contributed by atoms with E-state index in [0.29, 0.717) is 18.3 Å². The molecule has 1 aliphatic carbocycles. The zero-order chi connectivity index (χ0) is 34.9. The first-order valence-corrected chi connectivity index (χ1v) is 19.9. The van der Waals surface area contributed by atoms with Gasteiger partial charge in [-0.25, -0.2) is 0 Å². The maximum absolute atomic E-state index is 13.2. The largest absolute Gasteiger partial charge is 0.316 e. The zero-order valence-electron chi connectivity index (χ0n) is 30.5. The van der Waals surface area contributed by atoms with Crippen molar-refractivity contribution in [3.05, 3.63) is 106 Å². The average molecular weight is 777 g/mol. The molecule has 3 nitrogen and oxygen atoms in total. The van der Waals surface area contributed by atoms with Gasteiger partial charge >= 0.3 is 0 Å². The van der Waals surface area contributed by atoms with Crippen LogP contribution in [0.15, 0.2) is 95.9 Å². The summed E-state index contributed by atoms with van der Waals surface area (Å²) in [6.45, 7) is 18.2. The van der Waals surface area contributed by atoms with Crippen molar-refractivity contribution >= 4 is 51.9 Å². The number of nitrogens with zero attached hydrogens (tertiary/aromatic N) is 2. The molecule has 0 saturated carbocycles. The minimum absolute atomic E-state index is 0.0963. The monoisotopic (exact) mass is 776 g/mol. The van der Waals surface area contributed by atoms with Gasteiger partial charge in [0, 0.05) is 40.0 Å². The lowest BCUT2D eigenvalue weighted by Gasteiger charge is -2.37. The number of anilines is 1. The normalized spacial score (nSPS) is 19.6. The van der Waals surface area contributed by atoms with Gasteiger partial charge in [0.1, 0.15) is 0 Å². The molecular formula is C43H57IN2OS. The summed E-state index contributed by atoms with van der Waals surface area (Å²) in [5.41, 5.74) is 8.51. The van der Waals surface area contributed by atoms with E-state index in [1.54, 1.807) is 10.5 Å². The molecule has 1 aromatic heterocycles. The highest BCUT2D eigenvalue weighted by atomic mass is 127. The molecule has 1 aliphatic heterocycles. The number of halogens is 1. The fourth-order valence-corrected chi connectivity index (χ4v) is 8.94. The number of benzene rings is 1. The second kappa shape index (κ2) is 17.3. The number of fused-ring (bicyclic) bond motifs is 1. The number of carbonyl (C=O) groups is 1. The highest BCUT2D eigenvalue weighted by Crippen LogP contribution is 2.45. The van der Waals surface area contributed by atoms with E-state index in [9.17, 15) is 4.79 Å². The van der Waals surface area contributed by atoms with Crippen LogP contribution in [0.5, 0.6) is 0 Å². The van der Waals surface area contributed by atoms with Gasteiger partial charge in [0.15, 0.2) is 0 Å². The second-order valence-corrected chi connectivity index (χ2v) is 16.2. The number of carbonyl (C=O) groups excluding carboxylic acids is 1. The Balaban J connectivity index is 1.61. The van der Waals surface area contributed by atoms with Gasteiger partial charge in [-0.2, -0.15) is 0 Å². The molecule has 1 amide bonds. The van der Waals surface area contributed by atoms with Gasteiger partial charge in [0.25, 0.3) is 0 Å². The number of likely N-dealkylation sites (N-methyl/N-ethyl adjacent to an activating group) is 1. The highest BCUT2D eigenvalue weighted by molar-refractivity contribution is 14.1. The van der Waals surface area contributed by atoms with E-state index in [-0.39, 0.29) is 11.3 Å². The average Bonchev–Trinajstić information content (AvgIpc) is 3.77. The Labute approximate surface area is 309 Å². The van der Waals surface area contributed by atoms with Crippen LogP contribution in [0.3, 0.4) is 0 Å². The molecule has 0 radical (unpaired) electrons. The number of amides is 1. The highest BCUT2D eigenvalue weighted by Gasteiger charge is 2.32. The van der Waals surface area contributed by atoms with E-state index in [1.165, 1.54) is 58.6 Å². The third kappa shape index (κ3) is 9.12. The molecule has 48 heavy (non-hydrogen) atoms. The van der Waals surface area contributed by atoms with E-state index in [1.807, 2.05) is 18.4 Å². The van der Waals surface area contributed by atoms with Crippen molar-refractivity contribution in [3.63, 3.8) is 0 Å². The minimum Gasteiger partial charge on any atom is -0.316 e. The lowest BCUT2D eigenvalue weighted by atomic mass is 9.74. The molecule has 2 aliphatic rings. The van der Waals surface area contributed by atoms with E-state index in [2.05, 4.69) is 147 Å². The topological polar surface area (TPSA) is 23.6 Å². The third-order valence-electron chi connectivity index (χ3n) is 10.5. The molecular weight excluding hydrogens is 719 g/mol. The number of rotatable bonds is 14. The molecule has 2 atom stereocenters. The van der Waals surface area contributed by atoms with Crippen molar-refractivity contribution < 1.29 is 4.79 Å². The Bertz CT molecular complexity index is 1610. The Hall–Kier alpha value is -2.64. The molecule has 0 bridgehead atoms. The summed E-state index contributed by atoms with van der Waals surface area (Å²) in [5, 5.41) is 0. The number of hydrogen-bond donors (Lipinski definition) is 0.